The first-order valence-corrected chi connectivity index (χ1v) is 7.55. The van der Waals surface area contributed by atoms with E-state index < -0.39 is 5.97 Å². The van der Waals surface area contributed by atoms with Crippen molar-refractivity contribution in [1.29, 1.82) is 0 Å². The number of hydrogen-bond donors (Lipinski definition) is 0. The zero-order valence-corrected chi connectivity index (χ0v) is 12.4. The Balaban J connectivity index is 2.41. The molecule has 1 aromatic rings. The van der Waals surface area contributed by atoms with Crippen LogP contribution in [0, 0.1) is 0 Å². The Morgan fingerprint density at radius 1 is 1.30 bits per heavy atom. The summed E-state index contributed by atoms with van der Waals surface area (Å²) in [6, 6.07) is 3.96. The van der Waals surface area contributed by atoms with Crippen molar-refractivity contribution in [2.75, 3.05) is 7.11 Å². The summed E-state index contributed by atoms with van der Waals surface area (Å²) in [4.78, 5) is 10.9. The number of rotatable bonds is 5. The van der Waals surface area contributed by atoms with Gasteiger partial charge < -0.3 is 14.6 Å². The van der Waals surface area contributed by atoms with Crippen molar-refractivity contribution in [3.63, 3.8) is 0 Å². The van der Waals surface area contributed by atoms with Gasteiger partial charge in [0.25, 0.3) is 0 Å². The number of benzene rings is 1. The van der Waals surface area contributed by atoms with Gasteiger partial charge in [-0.1, -0.05) is 38.3 Å². The summed E-state index contributed by atoms with van der Waals surface area (Å²) in [5.74, 6) is 0.444. The predicted octanol–water partition coefficient (Wildman–Crippen LogP) is 2.60. The molecule has 1 fully saturated rings. The molecule has 1 saturated carbocycles. The van der Waals surface area contributed by atoms with Gasteiger partial charge in [-0.25, -0.2) is 0 Å². The largest absolute Gasteiger partial charge is 0.550 e. The second-order valence-corrected chi connectivity index (χ2v) is 5.61. The van der Waals surface area contributed by atoms with Gasteiger partial charge in [0.05, 0.1) is 7.11 Å². The lowest BCUT2D eigenvalue weighted by atomic mass is 9.82. The first kappa shape index (κ1) is 14.9. The van der Waals surface area contributed by atoms with Crippen LogP contribution >= 0.6 is 0 Å². The van der Waals surface area contributed by atoms with E-state index in [1.807, 2.05) is 12.1 Å². The molecule has 0 atom stereocenters. The lowest BCUT2D eigenvalue weighted by Gasteiger charge is -2.26. The maximum Gasteiger partial charge on any atom is 0.125 e. The van der Waals surface area contributed by atoms with Crippen molar-refractivity contribution in [3.8, 4) is 5.75 Å². The van der Waals surface area contributed by atoms with Crippen LogP contribution in [0.5, 0.6) is 5.75 Å². The SMILES string of the molecule is CCc1cc(CC(=O)[O-])cc(C2CCCCC2)c1OC. The van der Waals surface area contributed by atoms with Gasteiger partial charge in [0.1, 0.15) is 5.75 Å². The quantitative estimate of drug-likeness (QED) is 0.830. The zero-order chi connectivity index (χ0) is 14.5. The first-order chi connectivity index (χ1) is 9.65. The molecule has 0 unspecified atom stereocenters. The Kier molecular flexibility index (Phi) is 5.05. The number of aliphatic carboxylic acids is 1. The van der Waals surface area contributed by atoms with Crippen molar-refractivity contribution >= 4 is 5.97 Å². The summed E-state index contributed by atoms with van der Waals surface area (Å²) < 4.78 is 5.62. The summed E-state index contributed by atoms with van der Waals surface area (Å²) in [6.45, 7) is 2.07. The maximum absolute atomic E-state index is 10.9. The van der Waals surface area contributed by atoms with E-state index in [1.165, 1.54) is 37.7 Å². The summed E-state index contributed by atoms with van der Waals surface area (Å²) in [7, 11) is 1.71. The lowest BCUT2D eigenvalue weighted by molar-refractivity contribution is -0.304. The highest BCUT2D eigenvalue weighted by Crippen LogP contribution is 2.40. The standard InChI is InChI=1S/C17H24O3/c1-3-13-9-12(11-16(18)19)10-15(17(13)20-2)14-7-5-4-6-8-14/h9-10,14H,3-8,11H2,1-2H3,(H,18,19)/p-1. The topological polar surface area (TPSA) is 49.4 Å². The summed E-state index contributed by atoms with van der Waals surface area (Å²) in [5, 5.41) is 10.9. The van der Waals surface area contributed by atoms with Crippen molar-refractivity contribution in [2.24, 2.45) is 0 Å². The zero-order valence-electron chi connectivity index (χ0n) is 12.4. The normalized spacial score (nSPS) is 16.1. The first-order valence-electron chi connectivity index (χ1n) is 7.55. The third-order valence-corrected chi connectivity index (χ3v) is 4.23. The fraction of sp³-hybridized carbons (Fsp3) is 0.588. The van der Waals surface area contributed by atoms with Gasteiger partial charge in [-0.15, -0.1) is 0 Å². The minimum atomic E-state index is -1.02. The molecule has 0 N–H and O–H groups in total. The van der Waals surface area contributed by atoms with Crippen LogP contribution in [-0.2, 0) is 17.6 Å². The molecule has 1 aliphatic carbocycles. The molecule has 110 valence electrons. The molecular weight excluding hydrogens is 252 g/mol. The number of carbonyl (C=O) groups is 1. The molecule has 3 heteroatoms. The molecule has 0 amide bonds. The van der Waals surface area contributed by atoms with Crippen LogP contribution in [0.15, 0.2) is 12.1 Å². The van der Waals surface area contributed by atoms with Crippen LogP contribution in [0.25, 0.3) is 0 Å². The highest BCUT2D eigenvalue weighted by atomic mass is 16.5. The molecule has 0 radical (unpaired) electrons. The van der Waals surface area contributed by atoms with Gasteiger partial charge in [-0.2, -0.15) is 0 Å². The number of ether oxygens (including phenoxy) is 1. The Hall–Kier alpha value is -1.51. The molecule has 0 aliphatic heterocycles. The van der Waals surface area contributed by atoms with E-state index in [0.29, 0.717) is 5.92 Å². The van der Waals surface area contributed by atoms with E-state index in [4.69, 9.17) is 4.74 Å². The van der Waals surface area contributed by atoms with Gasteiger partial charge in [0.2, 0.25) is 0 Å². The van der Waals surface area contributed by atoms with Crippen molar-refractivity contribution in [2.45, 2.75) is 57.8 Å². The van der Waals surface area contributed by atoms with E-state index in [2.05, 4.69) is 6.92 Å². The van der Waals surface area contributed by atoms with E-state index in [0.717, 1.165) is 23.3 Å². The molecular formula is C17H23O3-. The summed E-state index contributed by atoms with van der Waals surface area (Å²) in [5.41, 5.74) is 3.14. The number of methoxy groups -OCH3 is 1. The van der Waals surface area contributed by atoms with Crippen LogP contribution in [0.4, 0.5) is 0 Å². The maximum atomic E-state index is 10.9. The molecule has 0 bridgehead atoms. The summed E-state index contributed by atoms with van der Waals surface area (Å²) >= 11 is 0. The second-order valence-electron chi connectivity index (χ2n) is 5.61. The van der Waals surface area contributed by atoms with Gasteiger partial charge >= 0.3 is 0 Å². The smallest absolute Gasteiger partial charge is 0.125 e. The third-order valence-electron chi connectivity index (χ3n) is 4.23. The van der Waals surface area contributed by atoms with Gasteiger partial charge in [-0.05, 0) is 41.9 Å². The van der Waals surface area contributed by atoms with Gasteiger partial charge in [-0.3, -0.25) is 0 Å². The fourth-order valence-corrected chi connectivity index (χ4v) is 3.28. The minimum Gasteiger partial charge on any atom is -0.550 e. The molecule has 0 spiro atoms. The van der Waals surface area contributed by atoms with E-state index in [-0.39, 0.29) is 6.42 Å². The Labute approximate surface area is 121 Å². The molecule has 0 heterocycles. The van der Waals surface area contributed by atoms with Gasteiger partial charge in [0, 0.05) is 12.4 Å². The van der Waals surface area contributed by atoms with Crippen molar-refractivity contribution < 1.29 is 14.6 Å². The molecule has 1 aromatic carbocycles. The lowest BCUT2D eigenvalue weighted by Crippen LogP contribution is -2.24. The Morgan fingerprint density at radius 2 is 2.00 bits per heavy atom. The van der Waals surface area contributed by atoms with Crippen LogP contribution in [0.3, 0.4) is 0 Å². The number of carboxylic acids is 1. The van der Waals surface area contributed by atoms with Crippen molar-refractivity contribution in [1.82, 2.24) is 0 Å². The second kappa shape index (κ2) is 6.78. The average molecular weight is 275 g/mol. The average Bonchev–Trinajstić information content (AvgIpc) is 2.46. The molecule has 0 aromatic heterocycles. The van der Waals surface area contributed by atoms with Gasteiger partial charge in [0.15, 0.2) is 0 Å². The molecule has 3 nitrogen and oxygen atoms in total. The fourth-order valence-electron chi connectivity index (χ4n) is 3.28. The van der Waals surface area contributed by atoms with Crippen LogP contribution in [-0.4, -0.2) is 13.1 Å². The highest BCUT2D eigenvalue weighted by Gasteiger charge is 2.21. The van der Waals surface area contributed by atoms with E-state index >= 15 is 0 Å². The van der Waals surface area contributed by atoms with E-state index in [1.54, 1.807) is 7.11 Å². The Bertz CT molecular complexity index is 473. The van der Waals surface area contributed by atoms with E-state index in [9.17, 15) is 9.90 Å². The summed E-state index contributed by atoms with van der Waals surface area (Å²) in [6.07, 6.45) is 6.99. The van der Waals surface area contributed by atoms with Crippen LogP contribution in [0.2, 0.25) is 0 Å². The highest BCUT2D eigenvalue weighted by molar-refractivity contribution is 5.68. The Morgan fingerprint density at radius 3 is 2.55 bits per heavy atom. The number of aryl methyl sites for hydroxylation is 1. The minimum absolute atomic E-state index is 0.0171. The van der Waals surface area contributed by atoms with Crippen LogP contribution < -0.4 is 9.84 Å². The molecule has 1 aliphatic rings. The number of hydrogen-bond acceptors (Lipinski definition) is 3. The molecule has 2 rings (SSSR count). The molecule has 20 heavy (non-hydrogen) atoms. The monoisotopic (exact) mass is 275 g/mol. The van der Waals surface area contributed by atoms with Crippen LogP contribution in [0.1, 0.15) is 61.6 Å². The third kappa shape index (κ3) is 3.33. The number of carbonyl (C=O) groups excluding carboxylic acids is 1. The number of carboxylic acid groups (broad SMARTS) is 1. The van der Waals surface area contributed by atoms with Crippen molar-refractivity contribution in [3.05, 3.63) is 28.8 Å². The molecule has 0 saturated heterocycles. The predicted molar refractivity (Wildman–Crippen MR) is 76.9 cm³/mol.